The van der Waals surface area contributed by atoms with Crippen LogP contribution < -0.4 is 4.74 Å². The van der Waals surface area contributed by atoms with Gasteiger partial charge in [0.05, 0.1) is 5.69 Å². The Labute approximate surface area is 121 Å². The van der Waals surface area contributed by atoms with E-state index in [1.165, 1.54) is 42.5 Å². The highest BCUT2D eigenvalue weighted by atomic mass is 16.5. The summed E-state index contributed by atoms with van der Waals surface area (Å²) < 4.78 is 6.20. The maximum absolute atomic E-state index is 6.20. The van der Waals surface area contributed by atoms with Gasteiger partial charge in [0, 0.05) is 5.56 Å². The average molecular weight is 272 g/mol. The van der Waals surface area contributed by atoms with E-state index in [-0.39, 0.29) is 0 Å². The number of nitrogens with zero attached hydrogens (tertiary/aromatic N) is 2. The van der Waals surface area contributed by atoms with Crippen molar-refractivity contribution in [1.29, 1.82) is 0 Å². The molecule has 0 aromatic carbocycles. The molecule has 0 saturated heterocycles. The maximum atomic E-state index is 6.20. The van der Waals surface area contributed by atoms with Gasteiger partial charge in [-0.05, 0) is 64.2 Å². The third-order valence-corrected chi connectivity index (χ3v) is 4.73. The number of aromatic nitrogens is 2. The van der Waals surface area contributed by atoms with Gasteiger partial charge in [0.15, 0.2) is 0 Å². The molecule has 20 heavy (non-hydrogen) atoms. The van der Waals surface area contributed by atoms with Crippen LogP contribution in [0, 0.1) is 5.92 Å². The molecule has 0 aliphatic heterocycles. The topological polar surface area (TPSA) is 35.0 Å². The third kappa shape index (κ3) is 2.87. The van der Waals surface area contributed by atoms with Crippen LogP contribution in [0.15, 0.2) is 18.5 Å². The average Bonchev–Trinajstić information content (AvgIpc) is 2.48. The van der Waals surface area contributed by atoms with E-state index in [4.69, 9.17) is 4.74 Å². The summed E-state index contributed by atoms with van der Waals surface area (Å²) in [7, 11) is 0. The van der Waals surface area contributed by atoms with E-state index in [2.05, 4.69) is 23.5 Å². The Hall–Kier alpha value is -1.38. The van der Waals surface area contributed by atoms with Crippen LogP contribution in [0.25, 0.3) is 0 Å². The first-order chi connectivity index (χ1) is 9.74. The molecule has 0 bridgehead atoms. The molecule has 3 heteroatoms. The number of hydrogen-bond acceptors (Lipinski definition) is 3. The van der Waals surface area contributed by atoms with Crippen LogP contribution in [0.2, 0.25) is 0 Å². The third-order valence-electron chi connectivity index (χ3n) is 4.73. The molecule has 0 atom stereocenters. The lowest BCUT2D eigenvalue weighted by Gasteiger charge is -2.29. The summed E-state index contributed by atoms with van der Waals surface area (Å²) in [6.07, 6.45) is 11.3. The molecule has 1 saturated carbocycles. The van der Waals surface area contributed by atoms with Crippen LogP contribution in [0.5, 0.6) is 5.88 Å². The molecule has 3 rings (SSSR count). The molecule has 0 spiro atoms. The van der Waals surface area contributed by atoms with Gasteiger partial charge in [0.2, 0.25) is 5.88 Å². The SMILES string of the molecule is C=C(C)C1CCC(Oc2ncnc3c2CCCC3)CC1. The van der Waals surface area contributed by atoms with E-state index in [1.807, 2.05) is 0 Å². The first-order valence-electron chi connectivity index (χ1n) is 7.89. The Morgan fingerprint density at radius 3 is 2.65 bits per heavy atom. The Bertz CT molecular complexity index is 490. The molecule has 108 valence electrons. The molecule has 0 N–H and O–H groups in total. The molecule has 1 aromatic heterocycles. The minimum absolute atomic E-state index is 0.325. The summed E-state index contributed by atoms with van der Waals surface area (Å²) in [4.78, 5) is 8.79. The summed E-state index contributed by atoms with van der Waals surface area (Å²) in [5, 5.41) is 0. The molecule has 0 amide bonds. The Kier molecular flexibility index (Phi) is 4.04. The standard InChI is InChI=1S/C17H24N2O/c1-12(2)13-7-9-14(10-8-13)20-17-15-5-3-4-6-16(15)18-11-19-17/h11,13-14H,1,3-10H2,2H3. The first-order valence-corrected chi connectivity index (χ1v) is 7.89. The number of rotatable bonds is 3. The molecule has 0 radical (unpaired) electrons. The highest BCUT2D eigenvalue weighted by Gasteiger charge is 2.25. The van der Waals surface area contributed by atoms with Gasteiger partial charge in [-0.1, -0.05) is 12.2 Å². The van der Waals surface area contributed by atoms with Crippen molar-refractivity contribution in [2.24, 2.45) is 5.92 Å². The largest absolute Gasteiger partial charge is 0.474 e. The number of fused-ring (bicyclic) bond motifs is 1. The van der Waals surface area contributed by atoms with Gasteiger partial charge in [-0.2, -0.15) is 0 Å². The molecular formula is C17H24N2O. The predicted octanol–water partition coefficient (Wildman–Crippen LogP) is 3.87. The molecule has 2 aliphatic rings. The van der Waals surface area contributed by atoms with Crippen molar-refractivity contribution in [3.05, 3.63) is 29.7 Å². The lowest BCUT2D eigenvalue weighted by molar-refractivity contribution is 0.131. The molecule has 0 unspecified atom stereocenters. The molecule has 2 aliphatic carbocycles. The molecular weight excluding hydrogens is 248 g/mol. The number of hydrogen-bond donors (Lipinski definition) is 0. The summed E-state index contributed by atoms with van der Waals surface area (Å²) in [5.41, 5.74) is 3.79. The quantitative estimate of drug-likeness (QED) is 0.783. The van der Waals surface area contributed by atoms with Crippen molar-refractivity contribution in [3.63, 3.8) is 0 Å². The van der Waals surface area contributed by atoms with Gasteiger partial charge in [-0.15, -0.1) is 0 Å². The fourth-order valence-corrected chi connectivity index (χ4v) is 3.42. The van der Waals surface area contributed by atoms with Crippen molar-refractivity contribution in [2.75, 3.05) is 0 Å². The van der Waals surface area contributed by atoms with Gasteiger partial charge in [-0.25, -0.2) is 9.97 Å². The van der Waals surface area contributed by atoms with Gasteiger partial charge in [0.25, 0.3) is 0 Å². The van der Waals surface area contributed by atoms with Crippen molar-refractivity contribution in [3.8, 4) is 5.88 Å². The van der Waals surface area contributed by atoms with Crippen LogP contribution >= 0.6 is 0 Å². The van der Waals surface area contributed by atoms with E-state index in [0.717, 1.165) is 31.6 Å². The Morgan fingerprint density at radius 2 is 1.90 bits per heavy atom. The second kappa shape index (κ2) is 5.94. The van der Waals surface area contributed by atoms with Gasteiger partial charge in [0.1, 0.15) is 12.4 Å². The van der Waals surface area contributed by atoms with Gasteiger partial charge >= 0.3 is 0 Å². The predicted molar refractivity (Wildman–Crippen MR) is 79.9 cm³/mol. The van der Waals surface area contributed by atoms with E-state index in [9.17, 15) is 0 Å². The lowest BCUT2D eigenvalue weighted by Crippen LogP contribution is -2.25. The first kappa shape index (κ1) is 13.6. The van der Waals surface area contributed by atoms with Crippen LogP contribution in [0.4, 0.5) is 0 Å². The highest BCUT2D eigenvalue weighted by Crippen LogP contribution is 2.33. The zero-order chi connectivity index (χ0) is 13.9. The minimum Gasteiger partial charge on any atom is -0.474 e. The second-order valence-electron chi connectivity index (χ2n) is 6.25. The minimum atomic E-state index is 0.325. The van der Waals surface area contributed by atoms with E-state index in [1.54, 1.807) is 6.33 Å². The van der Waals surface area contributed by atoms with Crippen molar-refractivity contribution >= 4 is 0 Å². The molecule has 1 aromatic rings. The zero-order valence-electron chi connectivity index (χ0n) is 12.4. The normalized spacial score (nSPS) is 25.9. The Balaban J connectivity index is 1.66. The van der Waals surface area contributed by atoms with Crippen LogP contribution in [0.3, 0.4) is 0 Å². The lowest BCUT2D eigenvalue weighted by atomic mass is 9.83. The van der Waals surface area contributed by atoms with Crippen LogP contribution in [-0.2, 0) is 12.8 Å². The number of ether oxygens (including phenoxy) is 1. The van der Waals surface area contributed by atoms with Crippen LogP contribution in [0.1, 0.15) is 56.7 Å². The number of aryl methyl sites for hydroxylation is 1. The summed E-state index contributed by atoms with van der Waals surface area (Å²) in [5.74, 6) is 1.54. The molecule has 3 nitrogen and oxygen atoms in total. The van der Waals surface area contributed by atoms with Crippen molar-refractivity contribution in [2.45, 2.75) is 64.4 Å². The smallest absolute Gasteiger partial charge is 0.220 e. The fourth-order valence-electron chi connectivity index (χ4n) is 3.42. The van der Waals surface area contributed by atoms with Gasteiger partial charge < -0.3 is 4.74 Å². The summed E-state index contributed by atoms with van der Waals surface area (Å²) in [6, 6.07) is 0. The molecule has 1 fully saturated rings. The van der Waals surface area contributed by atoms with E-state index >= 15 is 0 Å². The highest BCUT2D eigenvalue weighted by molar-refractivity contribution is 5.31. The maximum Gasteiger partial charge on any atom is 0.220 e. The number of allylic oxidation sites excluding steroid dienone is 1. The summed E-state index contributed by atoms with van der Waals surface area (Å²) >= 11 is 0. The summed E-state index contributed by atoms with van der Waals surface area (Å²) in [6.45, 7) is 6.23. The van der Waals surface area contributed by atoms with E-state index < -0.39 is 0 Å². The second-order valence-corrected chi connectivity index (χ2v) is 6.25. The zero-order valence-corrected chi connectivity index (χ0v) is 12.4. The monoisotopic (exact) mass is 272 g/mol. The van der Waals surface area contributed by atoms with Crippen molar-refractivity contribution < 1.29 is 4.74 Å². The van der Waals surface area contributed by atoms with Crippen LogP contribution in [-0.4, -0.2) is 16.1 Å². The molecule has 1 heterocycles. The van der Waals surface area contributed by atoms with Gasteiger partial charge in [-0.3, -0.25) is 0 Å². The fraction of sp³-hybridized carbons (Fsp3) is 0.647. The Morgan fingerprint density at radius 1 is 1.15 bits per heavy atom. The van der Waals surface area contributed by atoms with E-state index in [0.29, 0.717) is 12.0 Å². The van der Waals surface area contributed by atoms with Crippen molar-refractivity contribution in [1.82, 2.24) is 9.97 Å².